The van der Waals surface area contributed by atoms with Crippen LogP contribution in [0, 0.1) is 0 Å². The molecular formula is C34H45N11O4. The Bertz CT molecular complexity index is 1720. The second kappa shape index (κ2) is 15.5. The molecule has 4 aromatic rings. The molecule has 0 atom stereocenters. The SMILES string of the molecule is Cn1cc(NC(=O)c2ccc3[nH]c(C(=O)Nc4cc(C(=O)NCCN5CCNCC5)n(C)c4)cc3c2)cc1C(=O)NCCN1CCNCC1. The molecule has 0 unspecified atom stereocenters. The smallest absolute Gasteiger partial charge is 0.272 e. The standard InChI is InChI=1S/C34H45N11O4/c1-42-21-25(19-29(42)33(48)37-9-15-44-11-5-35-6-12-44)39-31(46)23-3-4-27-24(17-23)18-28(41-27)32(47)40-26-20-30(43(2)22-26)34(49)38-10-16-45-13-7-36-8-14-45/h3-4,17-22,35-36,41H,5-16H2,1-2H3,(H,37,48)(H,38,49)(H,39,46)(H,40,47). The monoisotopic (exact) mass is 671 g/mol. The lowest BCUT2D eigenvalue weighted by Crippen LogP contribution is -2.46. The van der Waals surface area contributed by atoms with Crippen molar-refractivity contribution >= 4 is 45.9 Å². The van der Waals surface area contributed by atoms with Crippen LogP contribution in [0.5, 0.6) is 0 Å². The minimum atomic E-state index is -0.374. The molecule has 2 fully saturated rings. The number of piperazine rings is 2. The predicted molar refractivity (Wildman–Crippen MR) is 188 cm³/mol. The van der Waals surface area contributed by atoms with Crippen molar-refractivity contribution in [2.24, 2.45) is 14.1 Å². The van der Waals surface area contributed by atoms with Gasteiger partial charge in [-0.3, -0.25) is 29.0 Å². The minimum absolute atomic E-state index is 0.200. The summed E-state index contributed by atoms with van der Waals surface area (Å²) in [7, 11) is 3.52. The van der Waals surface area contributed by atoms with Crippen molar-refractivity contribution in [2.75, 3.05) is 89.2 Å². The first-order valence-corrected chi connectivity index (χ1v) is 16.7. The minimum Gasteiger partial charge on any atom is -0.351 e. The van der Waals surface area contributed by atoms with Crippen molar-refractivity contribution < 1.29 is 19.2 Å². The fourth-order valence-corrected chi connectivity index (χ4v) is 6.22. The Morgan fingerprint density at radius 1 is 0.653 bits per heavy atom. The van der Waals surface area contributed by atoms with Crippen molar-refractivity contribution in [3.8, 4) is 0 Å². The largest absolute Gasteiger partial charge is 0.351 e. The Balaban J connectivity index is 1.02. The Kier molecular flexibility index (Phi) is 10.7. The normalized spacial score (nSPS) is 15.6. The van der Waals surface area contributed by atoms with Crippen LogP contribution in [0.2, 0.25) is 0 Å². The van der Waals surface area contributed by atoms with Gasteiger partial charge in [0.15, 0.2) is 0 Å². The molecule has 260 valence electrons. The molecule has 0 spiro atoms. The molecule has 3 aromatic heterocycles. The van der Waals surface area contributed by atoms with Crippen molar-refractivity contribution in [1.82, 2.24) is 45.2 Å². The first-order chi connectivity index (χ1) is 23.7. The van der Waals surface area contributed by atoms with Crippen molar-refractivity contribution in [3.63, 3.8) is 0 Å². The zero-order chi connectivity index (χ0) is 34.3. The lowest BCUT2D eigenvalue weighted by Gasteiger charge is -2.27. The first kappa shape index (κ1) is 33.9. The van der Waals surface area contributed by atoms with Crippen LogP contribution in [-0.2, 0) is 14.1 Å². The maximum atomic E-state index is 13.2. The highest BCUT2D eigenvalue weighted by Crippen LogP contribution is 2.21. The number of benzene rings is 1. The van der Waals surface area contributed by atoms with Crippen LogP contribution in [0.25, 0.3) is 10.9 Å². The fraction of sp³-hybridized carbons (Fsp3) is 0.412. The number of hydrogen-bond acceptors (Lipinski definition) is 8. The number of amides is 4. The van der Waals surface area contributed by atoms with Gasteiger partial charge >= 0.3 is 0 Å². The topological polar surface area (TPSA) is 173 Å². The van der Waals surface area contributed by atoms with E-state index in [9.17, 15) is 19.2 Å². The van der Waals surface area contributed by atoms with E-state index >= 15 is 0 Å². The third-order valence-corrected chi connectivity index (χ3v) is 8.96. The van der Waals surface area contributed by atoms with Crippen LogP contribution in [0.4, 0.5) is 11.4 Å². The van der Waals surface area contributed by atoms with Crippen LogP contribution in [-0.4, -0.2) is 126 Å². The molecule has 4 amide bonds. The van der Waals surface area contributed by atoms with Gasteiger partial charge in [-0.1, -0.05) is 0 Å². The summed E-state index contributed by atoms with van der Waals surface area (Å²) < 4.78 is 3.37. The molecule has 6 rings (SSSR count). The Hall–Kier alpha value is -4.96. The van der Waals surface area contributed by atoms with Gasteiger partial charge in [0.05, 0.1) is 11.4 Å². The molecular weight excluding hydrogens is 626 g/mol. The number of carbonyl (C=O) groups is 4. The van der Waals surface area contributed by atoms with E-state index in [0.29, 0.717) is 58.0 Å². The molecule has 0 radical (unpaired) electrons. The van der Waals surface area contributed by atoms with E-state index in [-0.39, 0.29) is 23.6 Å². The molecule has 1 aromatic carbocycles. The molecule has 0 saturated carbocycles. The van der Waals surface area contributed by atoms with E-state index in [1.54, 1.807) is 72.0 Å². The number of carbonyl (C=O) groups excluding carboxylic acids is 4. The van der Waals surface area contributed by atoms with Crippen molar-refractivity contribution in [2.45, 2.75) is 0 Å². The molecule has 15 heteroatoms. The molecule has 0 bridgehead atoms. The molecule has 2 aliphatic heterocycles. The number of anilines is 2. The summed E-state index contributed by atoms with van der Waals surface area (Å²) in [6.45, 7) is 10.3. The summed E-state index contributed by atoms with van der Waals surface area (Å²) in [4.78, 5) is 59.6. The summed E-state index contributed by atoms with van der Waals surface area (Å²) >= 11 is 0. The van der Waals surface area contributed by atoms with Gasteiger partial charge in [0.1, 0.15) is 17.1 Å². The third-order valence-electron chi connectivity index (χ3n) is 8.96. The molecule has 2 aliphatic rings. The number of aromatic amines is 1. The molecule has 5 heterocycles. The number of nitrogens with zero attached hydrogens (tertiary/aromatic N) is 4. The number of H-pyrrole nitrogens is 1. The molecule has 15 nitrogen and oxygen atoms in total. The lowest BCUT2D eigenvalue weighted by molar-refractivity contribution is 0.0931. The van der Waals surface area contributed by atoms with E-state index in [1.165, 1.54) is 0 Å². The summed E-state index contributed by atoms with van der Waals surface area (Å²) in [5.74, 6) is -1.12. The molecule has 0 aliphatic carbocycles. The highest BCUT2D eigenvalue weighted by Gasteiger charge is 2.18. The number of rotatable bonds is 12. The predicted octanol–water partition coefficient (Wildman–Crippen LogP) is 0.620. The van der Waals surface area contributed by atoms with Gasteiger partial charge in [0.2, 0.25) is 0 Å². The number of aromatic nitrogens is 3. The van der Waals surface area contributed by atoms with Crippen LogP contribution in [0.15, 0.2) is 48.8 Å². The zero-order valence-electron chi connectivity index (χ0n) is 28.0. The van der Waals surface area contributed by atoms with Gasteiger partial charge in [-0.05, 0) is 36.4 Å². The number of aryl methyl sites for hydroxylation is 2. The van der Waals surface area contributed by atoms with E-state index in [2.05, 4.69) is 46.7 Å². The van der Waals surface area contributed by atoms with Gasteiger partial charge in [-0.25, -0.2) is 0 Å². The van der Waals surface area contributed by atoms with Crippen LogP contribution in [0.1, 0.15) is 41.8 Å². The summed E-state index contributed by atoms with van der Waals surface area (Å²) in [6.07, 6.45) is 3.40. The van der Waals surface area contributed by atoms with Gasteiger partial charge in [0, 0.05) is 121 Å². The molecule has 2 saturated heterocycles. The Morgan fingerprint density at radius 2 is 1.16 bits per heavy atom. The average molecular weight is 672 g/mol. The van der Waals surface area contributed by atoms with E-state index in [0.717, 1.165) is 65.4 Å². The van der Waals surface area contributed by atoms with Crippen LogP contribution < -0.4 is 31.9 Å². The van der Waals surface area contributed by atoms with Gasteiger partial charge in [-0.15, -0.1) is 0 Å². The van der Waals surface area contributed by atoms with Gasteiger partial charge < -0.3 is 46.0 Å². The van der Waals surface area contributed by atoms with Crippen molar-refractivity contribution in [3.05, 3.63) is 71.4 Å². The lowest BCUT2D eigenvalue weighted by atomic mass is 10.1. The van der Waals surface area contributed by atoms with Gasteiger partial charge in [0.25, 0.3) is 23.6 Å². The maximum Gasteiger partial charge on any atom is 0.272 e. The fourth-order valence-electron chi connectivity index (χ4n) is 6.22. The highest BCUT2D eigenvalue weighted by atomic mass is 16.2. The zero-order valence-corrected chi connectivity index (χ0v) is 28.0. The molecule has 49 heavy (non-hydrogen) atoms. The Labute approximate surface area is 284 Å². The van der Waals surface area contributed by atoms with Gasteiger partial charge in [-0.2, -0.15) is 0 Å². The quantitative estimate of drug-likeness (QED) is 0.115. The first-order valence-electron chi connectivity index (χ1n) is 16.7. The second-order valence-electron chi connectivity index (χ2n) is 12.5. The third kappa shape index (κ3) is 8.56. The number of hydrogen-bond donors (Lipinski definition) is 7. The summed E-state index contributed by atoms with van der Waals surface area (Å²) in [5, 5.41) is 19.0. The molecule has 7 N–H and O–H groups in total. The van der Waals surface area contributed by atoms with Crippen molar-refractivity contribution in [1.29, 1.82) is 0 Å². The maximum absolute atomic E-state index is 13.2. The number of nitrogens with one attached hydrogen (secondary N) is 7. The van der Waals surface area contributed by atoms with Crippen LogP contribution in [0.3, 0.4) is 0 Å². The Morgan fingerprint density at radius 3 is 1.69 bits per heavy atom. The van der Waals surface area contributed by atoms with E-state index in [1.807, 2.05) is 0 Å². The second-order valence-corrected chi connectivity index (χ2v) is 12.5. The van der Waals surface area contributed by atoms with E-state index < -0.39 is 0 Å². The van der Waals surface area contributed by atoms with E-state index in [4.69, 9.17) is 0 Å². The van der Waals surface area contributed by atoms with Crippen LogP contribution >= 0.6 is 0 Å². The number of fused-ring (bicyclic) bond motifs is 1. The summed E-state index contributed by atoms with van der Waals surface area (Å²) in [5.41, 5.74) is 3.30. The average Bonchev–Trinajstić information content (AvgIpc) is 3.81. The summed E-state index contributed by atoms with van der Waals surface area (Å²) in [6, 6.07) is 10.1. The highest BCUT2D eigenvalue weighted by molar-refractivity contribution is 6.09.